The van der Waals surface area contributed by atoms with Gasteiger partial charge < -0.3 is 20.1 Å². The molecule has 0 saturated carbocycles. The Bertz CT molecular complexity index is 428. The number of rotatable bonds is 7. The highest BCUT2D eigenvalue weighted by Crippen LogP contribution is 2.20. The topological polar surface area (TPSA) is 99.2 Å². The lowest BCUT2D eigenvalue weighted by Crippen LogP contribution is -2.46. The fourth-order valence-electron chi connectivity index (χ4n) is 2.05. The van der Waals surface area contributed by atoms with Crippen LogP contribution in [0.5, 0.6) is 0 Å². The minimum Gasteiger partial charge on any atom is -0.389 e. The number of carbonyl (C=O) groups is 3. The van der Waals surface area contributed by atoms with Crippen molar-refractivity contribution in [2.24, 2.45) is 0 Å². The van der Waals surface area contributed by atoms with E-state index in [2.05, 4.69) is 5.32 Å². The fraction of sp³-hybridized carbons (Fsp3) is 0.769. The van der Waals surface area contributed by atoms with Crippen LogP contribution < -0.4 is 5.32 Å². The van der Waals surface area contributed by atoms with Crippen LogP contribution in [0.2, 0.25) is 0 Å². The van der Waals surface area contributed by atoms with Crippen molar-refractivity contribution in [3.8, 4) is 0 Å². The van der Waals surface area contributed by atoms with E-state index in [9.17, 15) is 19.5 Å². The van der Waals surface area contributed by atoms with Gasteiger partial charge in [-0.2, -0.15) is 0 Å². The summed E-state index contributed by atoms with van der Waals surface area (Å²) in [6.45, 7) is 3.26. The number of amides is 4. The third-order valence-electron chi connectivity index (χ3n) is 3.62. The van der Waals surface area contributed by atoms with Crippen LogP contribution in [-0.2, 0) is 14.3 Å². The van der Waals surface area contributed by atoms with Crippen molar-refractivity contribution >= 4 is 17.8 Å². The summed E-state index contributed by atoms with van der Waals surface area (Å²) in [5.41, 5.74) is -0.953. The number of hydrogen-bond donors (Lipinski definition) is 2. The number of aliphatic hydroxyl groups is 1. The summed E-state index contributed by atoms with van der Waals surface area (Å²) in [5, 5.41) is 12.2. The lowest BCUT2D eigenvalue weighted by molar-refractivity contribution is -0.138. The second kappa shape index (κ2) is 6.86. The molecule has 0 aromatic rings. The number of urea groups is 1. The summed E-state index contributed by atoms with van der Waals surface area (Å²) in [7, 11) is 2.95. The molecule has 8 heteroatoms. The van der Waals surface area contributed by atoms with Crippen molar-refractivity contribution in [2.75, 3.05) is 33.9 Å². The van der Waals surface area contributed by atoms with Crippen molar-refractivity contribution in [2.45, 2.75) is 31.9 Å². The van der Waals surface area contributed by atoms with Gasteiger partial charge in [-0.25, -0.2) is 4.79 Å². The molecule has 2 unspecified atom stereocenters. The molecule has 0 aromatic heterocycles. The predicted octanol–water partition coefficient (Wildman–Crippen LogP) is -0.827. The van der Waals surface area contributed by atoms with Crippen molar-refractivity contribution in [1.29, 1.82) is 0 Å². The van der Waals surface area contributed by atoms with Crippen LogP contribution >= 0.6 is 0 Å². The van der Waals surface area contributed by atoms with Gasteiger partial charge in [0.15, 0.2) is 0 Å². The number of methoxy groups -OCH3 is 1. The van der Waals surface area contributed by atoms with E-state index >= 15 is 0 Å². The maximum absolute atomic E-state index is 12.2. The molecule has 1 rings (SSSR count). The van der Waals surface area contributed by atoms with E-state index in [-0.39, 0.29) is 19.7 Å². The summed E-state index contributed by atoms with van der Waals surface area (Å²) in [6, 6.07) is -0.566. The van der Waals surface area contributed by atoms with Crippen molar-refractivity contribution in [3.63, 3.8) is 0 Å². The van der Waals surface area contributed by atoms with Gasteiger partial charge in [-0.3, -0.25) is 14.5 Å². The summed E-state index contributed by atoms with van der Waals surface area (Å²) < 4.78 is 4.78. The average Bonchev–Trinajstić information content (AvgIpc) is 2.63. The number of hydrogen-bond acceptors (Lipinski definition) is 5. The molecule has 0 spiro atoms. The maximum Gasteiger partial charge on any atom is 0.325 e. The molecule has 8 nitrogen and oxygen atoms in total. The first-order valence-corrected chi connectivity index (χ1v) is 6.80. The molecule has 0 aliphatic carbocycles. The Balaban J connectivity index is 2.62. The van der Waals surface area contributed by atoms with Crippen LogP contribution in [0, 0.1) is 0 Å². The normalized spacial score (nSPS) is 23.2. The Kier molecular flexibility index (Phi) is 5.68. The van der Waals surface area contributed by atoms with E-state index in [1.807, 2.05) is 0 Å². The van der Waals surface area contributed by atoms with E-state index in [0.717, 1.165) is 4.90 Å². The van der Waals surface area contributed by atoms with E-state index in [1.54, 1.807) is 13.8 Å². The maximum atomic E-state index is 12.2. The van der Waals surface area contributed by atoms with E-state index in [1.165, 1.54) is 19.1 Å². The molecule has 0 radical (unpaired) electrons. The smallest absolute Gasteiger partial charge is 0.325 e. The van der Waals surface area contributed by atoms with Gasteiger partial charge in [0.05, 0.1) is 12.7 Å². The van der Waals surface area contributed by atoms with Gasteiger partial charge in [0.25, 0.3) is 5.91 Å². The molecule has 2 N–H and O–H groups in total. The molecular weight excluding hydrogens is 278 g/mol. The minimum absolute atomic E-state index is 0.0708. The second-order valence-corrected chi connectivity index (χ2v) is 5.39. The van der Waals surface area contributed by atoms with Crippen LogP contribution in [0.15, 0.2) is 0 Å². The molecule has 1 aliphatic heterocycles. The van der Waals surface area contributed by atoms with E-state index in [0.29, 0.717) is 6.42 Å². The fourth-order valence-corrected chi connectivity index (χ4v) is 2.05. The summed E-state index contributed by atoms with van der Waals surface area (Å²) in [5.74, 6) is -0.830. The molecule has 1 fully saturated rings. The third kappa shape index (κ3) is 3.92. The van der Waals surface area contributed by atoms with Gasteiger partial charge in [-0.1, -0.05) is 6.92 Å². The summed E-state index contributed by atoms with van der Waals surface area (Å²) >= 11 is 0. The molecule has 1 heterocycles. The van der Waals surface area contributed by atoms with Gasteiger partial charge in [0.2, 0.25) is 5.91 Å². The number of likely N-dealkylation sites (N-methyl/N-ethyl adjacent to an activating group) is 1. The lowest BCUT2D eigenvalue weighted by Gasteiger charge is -2.23. The average molecular weight is 301 g/mol. The Morgan fingerprint density at radius 2 is 2.14 bits per heavy atom. The van der Waals surface area contributed by atoms with Gasteiger partial charge in [0.1, 0.15) is 12.1 Å². The zero-order chi connectivity index (χ0) is 16.2. The van der Waals surface area contributed by atoms with E-state index in [4.69, 9.17) is 4.74 Å². The number of imide groups is 1. The minimum atomic E-state index is -0.953. The van der Waals surface area contributed by atoms with Gasteiger partial charge in [-0.15, -0.1) is 0 Å². The Labute approximate surface area is 124 Å². The van der Waals surface area contributed by atoms with Gasteiger partial charge >= 0.3 is 6.03 Å². The molecule has 2 atom stereocenters. The number of nitrogens with zero attached hydrogens (tertiary/aromatic N) is 2. The molecular formula is C13H23N3O5. The largest absolute Gasteiger partial charge is 0.389 e. The number of nitrogens with one attached hydrogen (secondary N) is 1. The number of aliphatic hydroxyl groups excluding tert-OH is 1. The zero-order valence-corrected chi connectivity index (χ0v) is 12.9. The Hall–Kier alpha value is -1.67. The van der Waals surface area contributed by atoms with Crippen molar-refractivity contribution in [3.05, 3.63) is 0 Å². The number of ether oxygens (including phenoxy) is 1. The number of carbonyl (C=O) groups excluding carboxylic acids is 3. The first-order chi connectivity index (χ1) is 9.75. The highest BCUT2D eigenvalue weighted by molar-refractivity contribution is 6.08. The highest BCUT2D eigenvalue weighted by Gasteiger charge is 2.47. The van der Waals surface area contributed by atoms with Crippen molar-refractivity contribution in [1.82, 2.24) is 15.1 Å². The molecule has 21 heavy (non-hydrogen) atoms. The first-order valence-electron chi connectivity index (χ1n) is 6.80. The molecule has 120 valence electrons. The van der Waals surface area contributed by atoms with Crippen LogP contribution in [0.1, 0.15) is 20.3 Å². The molecule has 1 aliphatic rings. The third-order valence-corrected chi connectivity index (χ3v) is 3.62. The molecule has 4 amide bonds. The van der Waals surface area contributed by atoms with Crippen LogP contribution in [0.3, 0.4) is 0 Å². The quantitative estimate of drug-likeness (QED) is 0.598. The molecule has 0 bridgehead atoms. The van der Waals surface area contributed by atoms with Gasteiger partial charge in [0, 0.05) is 20.7 Å². The monoisotopic (exact) mass is 301 g/mol. The van der Waals surface area contributed by atoms with Crippen molar-refractivity contribution < 1.29 is 24.2 Å². The van der Waals surface area contributed by atoms with E-state index < -0.39 is 29.5 Å². The first kappa shape index (κ1) is 17.4. The molecule has 0 aromatic carbocycles. The van der Waals surface area contributed by atoms with Crippen LogP contribution in [-0.4, -0.2) is 78.2 Å². The lowest BCUT2D eigenvalue weighted by atomic mass is 9.99. The van der Waals surface area contributed by atoms with Crippen LogP contribution in [0.25, 0.3) is 0 Å². The Morgan fingerprint density at radius 3 is 2.62 bits per heavy atom. The Morgan fingerprint density at radius 1 is 1.52 bits per heavy atom. The zero-order valence-electron chi connectivity index (χ0n) is 12.9. The SMILES string of the molecule is CCC1(C)NC(=O)N(CC(=O)N(C)CC(O)COC)C1=O. The summed E-state index contributed by atoms with van der Waals surface area (Å²) in [6.07, 6.45) is -0.363. The summed E-state index contributed by atoms with van der Waals surface area (Å²) in [4.78, 5) is 38.2. The highest BCUT2D eigenvalue weighted by atomic mass is 16.5. The van der Waals surface area contributed by atoms with Gasteiger partial charge in [-0.05, 0) is 13.3 Å². The molecule has 1 saturated heterocycles. The predicted molar refractivity (Wildman–Crippen MR) is 74.5 cm³/mol. The second-order valence-electron chi connectivity index (χ2n) is 5.39. The standard InChI is InChI=1S/C13H23N3O5/c1-5-13(2)11(19)16(12(20)14-13)7-10(18)15(3)6-9(17)8-21-4/h9,17H,5-8H2,1-4H3,(H,14,20). The van der Waals surface area contributed by atoms with Crippen LogP contribution in [0.4, 0.5) is 4.79 Å².